The summed E-state index contributed by atoms with van der Waals surface area (Å²) >= 11 is 0. The van der Waals surface area contributed by atoms with Crippen molar-refractivity contribution in [2.24, 2.45) is 0 Å². The molecule has 0 N–H and O–H groups in total. The molecule has 0 saturated carbocycles. The van der Waals surface area contributed by atoms with Gasteiger partial charge >= 0.3 is 0 Å². The Morgan fingerprint density at radius 3 is 1.34 bits per heavy atom. The molecule has 2 aliphatic rings. The van der Waals surface area contributed by atoms with Crippen molar-refractivity contribution in [2.45, 2.75) is 46.1 Å². The third kappa shape index (κ3) is 4.64. The van der Waals surface area contributed by atoms with E-state index in [0.29, 0.717) is 0 Å². The van der Waals surface area contributed by atoms with Crippen LogP contribution in [0.4, 0.5) is 0 Å². The summed E-state index contributed by atoms with van der Waals surface area (Å²) in [5.41, 5.74) is 14.7. The van der Waals surface area contributed by atoms with Crippen molar-refractivity contribution in [3.05, 3.63) is 196 Å². The van der Waals surface area contributed by atoms with Gasteiger partial charge in [-0.1, -0.05) is 183 Å². The molecule has 7 aromatic carbocycles. The first-order chi connectivity index (χ1) is 24.6. The molecule has 0 fully saturated rings. The smallest absolute Gasteiger partial charge is 0.0624 e. The fourth-order valence-corrected chi connectivity index (χ4v) is 13.5. The Balaban J connectivity index is 1.36. The van der Waals surface area contributed by atoms with E-state index in [-0.39, 0.29) is 0 Å². The van der Waals surface area contributed by atoms with Crippen LogP contribution < -0.4 is 15.6 Å². The van der Waals surface area contributed by atoms with Gasteiger partial charge in [-0.3, -0.25) is 0 Å². The molecule has 0 spiro atoms. The van der Waals surface area contributed by atoms with Crippen LogP contribution >= 0.6 is 0 Å². The van der Waals surface area contributed by atoms with Crippen molar-refractivity contribution >= 4 is 56.3 Å². The quantitative estimate of drug-likeness (QED) is 0.118. The van der Waals surface area contributed by atoms with Crippen LogP contribution in [0.2, 0.25) is 6.55 Å². The molecule has 0 saturated heterocycles. The zero-order valence-corrected chi connectivity index (χ0v) is 30.3. The minimum absolute atomic E-state index is 1.02. The largest absolute Gasteiger partial charge is 0.147 e. The molecule has 0 aliphatic heterocycles. The highest BCUT2D eigenvalue weighted by Crippen LogP contribution is 2.44. The lowest BCUT2D eigenvalue weighted by molar-refractivity contribution is 1.03. The summed E-state index contributed by atoms with van der Waals surface area (Å²) in [7, 11) is -2.63. The Hall–Kier alpha value is -5.24. The number of hydrogen-bond acceptors (Lipinski definition) is 0. The van der Waals surface area contributed by atoms with E-state index in [1.54, 1.807) is 11.1 Å². The lowest BCUT2D eigenvalue weighted by Crippen LogP contribution is -2.66. The zero-order chi connectivity index (χ0) is 33.8. The van der Waals surface area contributed by atoms with Gasteiger partial charge in [0.1, 0.15) is 8.07 Å². The second-order valence-electron chi connectivity index (χ2n) is 14.2. The summed E-state index contributed by atoms with van der Waals surface area (Å²) in [4.78, 5) is 0. The van der Waals surface area contributed by atoms with Crippen LogP contribution in [0.3, 0.4) is 0 Å². The molecule has 0 aromatic heterocycles. The first-order valence-electron chi connectivity index (χ1n) is 18.3. The highest BCUT2D eigenvalue weighted by Gasteiger charge is 2.42. The SMILES string of the molecule is CCC1=C(c2cccc3ccccc23)c2c(cccc2[Si](C)(c2ccccc2)c2cccc3c2C(c2cccc4ccccc24)=C(CC)C3)C1. The van der Waals surface area contributed by atoms with Gasteiger partial charge in [0.15, 0.2) is 0 Å². The zero-order valence-electron chi connectivity index (χ0n) is 29.3. The highest BCUT2D eigenvalue weighted by molar-refractivity contribution is 7.11. The van der Waals surface area contributed by atoms with E-state index in [9.17, 15) is 0 Å². The fraction of sp³-hybridized carbons (Fsp3) is 0.143. The number of benzene rings is 7. The van der Waals surface area contributed by atoms with Crippen molar-refractivity contribution in [1.82, 2.24) is 0 Å². The Morgan fingerprint density at radius 1 is 0.440 bits per heavy atom. The maximum atomic E-state index is 2.64. The van der Waals surface area contributed by atoms with Gasteiger partial charge in [-0.25, -0.2) is 0 Å². The lowest BCUT2D eigenvalue weighted by Gasteiger charge is -2.34. The normalized spacial score (nSPS) is 14.1. The first kappa shape index (κ1) is 30.8. The number of rotatable bonds is 7. The molecule has 50 heavy (non-hydrogen) atoms. The monoisotopic (exact) mass is 658 g/mol. The maximum Gasteiger partial charge on any atom is 0.147 e. The predicted molar refractivity (Wildman–Crippen MR) is 218 cm³/mol. The molecule has 242 valence electrons. The van der Waals surface area contributed by atoms with E-state index >= 15 is 0 Å². The molecule has 0 atom stereocenters. The summed E-state index contributed by atoms with van der Waals surface area (Å²) in [6.07, 6.45) is 4.13. The Labute approximate surface area is 297 Å². The van der Waals surface area contributed by atoms with Crippen LogP contribution in [0, 0.1) is 0 Å². The van der Waals surface area contributed by atoms with Gasteiger partial charge in [-0.05, 0) is 107 Å². The molecule has 0 heterocycles. The van der Waals surface area contributed by atoms with Crippen molar-refractivity contribution in [3.8, 4) is 0 Å². The molecule has 0 radical (unpaired) electrons. The summed E-state index contributed by atoms with van der Waals surface area (Å²) in [6.45, 7) is 7.33. The Kier molecular flexibility index (Phi) is 7.55. The molecule has 7 aromatic rings. The predicted octanol–water partition coefficient (Wildman–Crippen LogP) is 10.6. The summed E-state index contributed by atoms with van der Waals surface area (Å²) < 4.78 is 0. The van der Waals surface area contributed by atoms with Crippen molar-refractivity contribution in [2.75, 3.05) is 0 Å². The van der Waals surface area contributed by atoms with Crippen LogP contribution in [-0.4, -0.2) is 8.07 Å². The van der Waals surface area contributed by atoms with Gasteiger partial charge < -0.3 is 0 Å². The third-order valence-electron chi connectivity index (χ3n) is 11.7. The van der Waals surface area contributed by atoms with Gasteiger partial charge in [-0.15, -0.1) is 0 Å². The van der Waals surface area contributed by atoms with Gasteiger partial charge in [0.05, 0.1) is 0 Å². The molecule has 0 nitrogen and oxygen atoms in total. The second kappa shape index (κ2) is 12.3. The van der Waals surface area contributed by atoms with Crippen molar-refractivity contribution in [3.63, 3.8) is 0 Å². The Bertz CT molecular complexity index is 2350. The van der Waals surface area contributed by atoms with Gasteiger partial charge in [0, 0.05) is 0 Å². The average molecular weight is 659 g/mol. The minimum Gasteiger partial charge on any atom is -0.0624 e. The Morgan fingerprint density at radius 2 is 0.860 bits per heavy atom. The van der Waals surface area contributed by atoms with Crippen LogP contribution in [0.5, 0.6) is 0 Å². The maximum absolute atomic E-state index is 2.64. The highest BCUT2D eigenvalue weighted by atomic mass is 28.3. The van der Waals surface area contributed by atoms with Crippen LogP contribution in [0.1, 0.15) is 60.1 Å². The van der Waals surface area contributed by atoms with E-state index in [2.05, 4.69) is 172 Å². The molecule has 9 rings (SSSR count). The van der Waals surface area contributed by atoms with E-state index in [4.69, 9.17) is 0 Å². The van der Waals surface area contributed by atoms with Crippen LogP contribution in [0.25, 0.3) is 32.7 Å². The van der Waals surface area contributed by atoms with Crippen molar-refractivity contribution in [1.29, 1.82) is 0 Å². The third-order valence-corrected chi connectivity index (χ3v) is 16.2. The average Bonchev–Trinajstić information content (AvgIpc) is 3.76. The van der Waals surface area contributed by atoms with E-state index in [0.717, 1.165) is 25.7 Å². The number of fused-ring (bicyclic) bond motifs is 4. The fourth-order valence-electron chi connectivity index (χ4n) is 9.28. The molecule has 1 heteroatoms. The van der Waals surface area contributed by atoms with E-state index in [1.807, 2.05) is 0 Å². The number of hydrogen-bond donors (Lipinski definition) is 0. The molecule has 0 amide bonds. The van der Waals surface area contributed by atoms with Gasteiger partial charge in [0.25, 0.3) is 0 Å². The molecule has 0 bridgehead atoms. The van der Waals surface area contributed by atoms with E-state index < -0.39 is 8.07 Å². The minimum atomic E-state index is -2.63. The summed E-state index contributed by atoms with van der Waals surface area (Å²) in [5.74, 6) is 0. The first-order valence-corrected chi connectivity index (χ1v) is 20.8. The van der Waals surface area contributed by atoms with Crippen molar-refractivity contribution < 1.29 is 0 Å². The van der Waals surface area contributed by atoms with E-state index in [1.165, 1.54) is 81.6 Å². The number of allylic oxidation sites excluding steroid dienone is 2. The van der Waals surface area contributed by atoms with Gasteiger partial charge in [-0.2, -0.15) is 0 Å². The molecular weight excluding hydrogens is 617 g/mol. The topological polar surface area (TPSA) is 0 Å². The van der Waals surface area contributed by atoms with Crippen LogP contribution in [0.15, 0.2) is 163 Å². The standard InChI is InChI=1S/C49H42Si/c1-4-33-31-37-21-15-29-44(48(37)46(33)42-27-13-19-35-17-9-11-25-40(35)42)50(3,39-23-7-6-8-24-39)45-30-16-22-38-32-34(5-2)47(49(38)45)43-28-14-20-36-18-10-12-26-41(36)43/h6-30H,4-5,31-32H2,1-3H3. The summed E-state index contributed by atoms with van der Waals surface area (Å²) in [6, 6.07) is 57.7. The molecular formula is C49H42Si. The lowest BCUT2D eigenvalue weighted by atomic mass is 9.92. The summed E-state index contributed by atoms with van der Waals surface area (Å²) in [5, 5.41) is 9.82. The van der Waals surface area contributed by atoms with Crippen LogP contribution in [-0.2, 0) is 12.8 Å². The van der Waals surface area contributed by atoms with Gasteiger partial charge in [0.2, 0.25) is 0 Å². The molecule has 0 unspecified atom stereocenters. The molecule has 2 aliphatic carbocycles. The second-order valence-corrected chi connectivity index (χ2v) is 18.1.